The summed E-state index contributed by atoms with van der Waals surface area (Å²) >= 11 is 3.54. The lowest BCUT2D eigenvalue weighted by atomic mass is 9.70. The van der Waals surface area contributed by atoms with Crippen molar-refractivity contribution >= 4 is 39.3 Å². The van der Waals surface area contributed by atoms with E-state index in [1.165, 1.54) is 0 Å². The van der Waals surface area contributed by atoms with Gasteiger partial charge in [0, 0.05) is 64.8 Å². The van der Waals surface area contributed by atoms with E-state index in [9.17, 15) is 14.4 Å². The van der Waals surface area contributed by atoms with E-state index >= 15 is 0 Å². The van der Waals surface area contributed by atoms with Crippen LogP contribution in [0.4, 0.5) is 10.5 Å². The molecule has 2 fully saturated rings. The molecule has 0 aromatic heterocycles. The number of rotatable bonds is 7. The van der Waals surface area contributed by atoms with Gasteiger partial charge in [-0.15, -0.1) is 0 Å². The zero-order valence-electron chi connectivity index (χ0n) is 23.3. The summed E-state index contributed by atoms with van der Waals surface area (Å²) in [6.45, 7) is 3.39. The first-order valence-electron chi connectivity index (χ1n) is 13.9. The Bertz CT molecular complexity index is 1410. The van der Waals surface area contributed by atoms with E-state index in [2.05, 4.69) is 45.2 Å². The minimum Gasteiger partial charge on any atom is -0.497 e. The number of hydrogen-bond acceptors (Lipinski definition) is 5. The molecule has 2 aliphatic rings. The van der Waals surface area contributed by atoms with Crippen molar-refractivity contribution in [3.63, 3.8) is 0 Å². The minimum absolute atomic E-state index is 0.0321. The number of nitrogens with zero attached hydrogens (tertiary/aromatic N) is 2. The van der Waals surface area contributed by atoms with E-state index in [1.807, 2.05) is 41.3 Å². The highest BCUT2D eigenvalue weighted by atomic mass is 79.9. The summed E-state index contributed by atoms with van der Waals surface area (Å²) in [5, 5.41) is 3.03. The molecule has 8 nitrogen and oxygen atoms in total. The van der Waals surface area contributed by atoms with Crippen molar-refractivity contribution in [3.8, 4) is 5.75 Å². The maximum absolute atomic E-state index is 13.6. The molecule has 9 heteroatoms. The number of benzene rings is 3. The van der Waals surface area contributed by atoms with Gasteiger partial charge in [0.15, 0.2) is 5.78 Å². The van der Waals surface area contributed by atoms with Gasteiger partial charge in [-0.25, -0.2) is 4.79 Å². The molecule has 3 amide bonds. The lowest BCUT2D eigenvalue weighted by Gasteiger charge is -2.60. The molecule has 3 aromatic carbocycles. The first-order valence-corrected chi connectivity index (χ1v) is 14.7. The Hall–Kier alpha value is -3.69. The van der Waals surface area contributed by atoms with E-state index in [0.717, 1.165) is 28.6 Å². The molecule has 1 unspecified atom stereocenters. The Kier molecular flexibility index (Phi) is 8.75. The van der Waals surface area contributed by atoms with Gasteiger partial charge < -0.3 is 20.7 Å². The minimum atomic E-state index is -0.608. The molecule has 0 spiro atoms. The fourth-order valence-electron chi connectivity index (χ4n) is 6.34. The number of methoxy groups -OCH3 is 1. The number of nitrogens with one attached hydrogen (secondary N) is 1. The van der Waals surface area contributed by atoms with Crippen molar-refractivity contribution in [1.82, 2.24) is 9.80 Å². The molecule has 3 aromatic rings. The highest BCUT2D eigenvalue weighted by molar-refractivity contribution is 9.10. The maximum atomic E-state index is 13.6. The van der Waals surface area contributed by atoms with Crippen LogP contribution in [0.5, 0.6) is 5.75 Å². The molecule has 0 bridgehead atoms. The van der Waals surface area contributed by atoms with Crippen LogP contribution in [0.15, 0.2) is 77.3 Å². The molecule has 2 saturated heterocycles. The van der Waals surface area contributed by atoms with Gasteiger partial charge in [0.2, 0.25) is 5.91 Å². The van der Waals surface area contributed by atoms with Crippen LogP contribution >= 0.6 is 15.9 Å². The Balaban J connectivity index is 1.41. The predicted octanol–water partition coefficient (Wildman–Crippen LogP) is 5.68. The number of halogens is 1. The Morgan fingerprint density at radius 1 is 1.00 bits per heavy atom. The number of urea groups is 1. The molecule has 4 atom stereocenters. The number of fused-ring (bicyclic) bond motifs is 1. The number of ether oxygens (including phenoxy) is 1. The summed E-state index contributed by atoms with van der Waals surface area (Å²) in [4.78, 5) is 43.4. The van der Waals surface area contributed by atoms with Crippen LogP contribution in [0.2, 0.25) is 0 Å². The lowest BCUT2D eigenvalue weighted by Crippen LogP contribution is -2.69. The summed E-state index contributed by atoms with van der Waals surface area (Å²) in [5.41, 5.74) is 8.02. The monoisotopic (exact) mass is 618 g/mol. The van der Waals surface area contributed by atoms with Crippen molar-refractivity contribution in [2.75, 3.05) is 25.5 Å². The number of Topliss-reactive ketones (excluding diaryl/α,β-unsaturated/α-hetero) is 1. The summed E-state index contributed by atoms with van der Waals surface area (Å²) in [6.07, 6.45) is 2.01. The van der Waals surface area contributed by atoms with Gasteiger partial charge in [-0.2, -0.15) is 0 Å². The number of carbonyl (C=O) groups excluding carboxylic acids is 3. The van der Waals surface area contributed by atoms with E-state index in [1.54, 1.807) is 31.4 Å². The summed E-state index contributed by atoms with van der Waals surface area (Å²) in [5.74, 6) is 0.0470. The number of primary amides is 1. The smallest absolute Gasteiger partial charge is 0.321 e. The van der Waals surface area contributed by atoms with Gasteiger partial charge >= 0.3 is 6.03 Å². The van der Waals surface area contributed by atoms with Gasteiger partial charge in [0.1, 0.15) is 5.75 Å². The fraction of sp³-hybridized carbons (Fsp3) is 0.344. The Morgan fingerprint density at radius 2 is 1.68 bits per heavy atom. The Labute approximate surface area is 249 Å². The molecule has 0 saturated carbocycles. The average molecular weight is 620 g/mol. The Morgan fingerprint density at radius 3 is 2.34 bits per heavy atom. The standard InChI is InChI=1S/C32H35BrN4O4/c1-20-6-5-17-36(32(40)35-23-13-15-24(41-2)16-14-23)19-28-30(21-9-11-22(33)12-10-21)27(37(20)28)18-29(38)25-7-3-4-8-26(25)31(34)39/h3-4,7-16,20,27-28,30H,5-6,17-19H2,1-2H3,(H2,34,39)(H,35,40)/t20?,27-,28+,30+/m1/s1. The zero-order valence-corrected chi connectivity index (χ0v) is 24.8. The topological polar surface area (TPSA) is 105 Å². The third kappa shape index (κ3) is 6.16. The molecule has 0 aliphatic carbocycles. The molecule has 5 rings (SSSR count). The van der Waals surface area contributed by atoms with E-state index in [0.29, 0.717) is 24.3 Å². The molecule has 2 heterocycles. The van der Waals surface area contributed by atoms with Gasteiger partial charge in [-0.3, -0.25) is 14.5 Å². The molecule has 41 heavy (non-hydrogen) atoms. The van der Waals surface area contributed by atoms with Gasteiger partial charge in [0.25, 0.3) is 0 Å². The van der Waals surface area contributed by atoms with Gasteiger partial charge in [0.05, 0.1) is 7.11 Å². The van der Waals surface area contributed by atoms with Crippen LogP contribution in [-0.2, 0) is 0 Å². The van der Waals surface area contributed by atoms with Crippen molar-refractivity contribution in [1.29, 1.82) is 0 Å². The van der Waals surface area contributed by atoms with Crippen LogP contribution in [0, 0.1) is 0 Å². The summed E-state index contributed by atoms with van der Waals surface area (Å²) < 4.78 is 6.21. The van der Waals surface area contributed by atoms with Gasteiger partial charge in [-0.05, 0) is 67.8 Å². The first-order chi connectivity index (χ1) is 19.8. The highest BCUT2D eigenvalue weighted by Gasteiger charge is 2.52. The second-order valence-electron chi connectivity index (χ2n) is 10.8. The molecular formula is C32H35BrN4O4. The summed E-state index contributed by atoms with van der Waals surface area (Å²) in [6, 6.07) is 22.3. The third-order valence-electron chi connectivity index (χ3n) is 8.33. The van der Waals surface area contributed by atoms with Crippen molar-refractivity contribution in [2.24, 2.45) is 5.73 Å². The van der Waals surface area contributed by atoms with Crippen molar-refractivity contribution < 1.29 is 19.1 Å². The molecule has 2 aliphatic heterocycles. The number of amides is 3. The lowest BCUT2D eigenvalue weighted by molar-refractivity contribution is -0.0653. The SMILES string of the molecule is COc1ccc(NC(=O)N2CCCC(C)N3[C@H](CC(=O)c4ccccc4C(N)=O)[C@H](c4ccc(Br)cc4)[C@@H]3C2)cc1. The quantitative estimate of drug-likeness (QED) is 0.331. The highest BCUT2D eigenvalue weighted by Crippen LogP contribution is 2.46. The van der Waals surface area contributed by atoms with E-state index in [4.69, 9.17) is 10.5 Å². The van der Waals surface area contributed by atoms with Crippen LogP contribution in [-0.4, -0.2) is 65.8 Å². The van der Waals surface area contributed by atoms with Crippen LogP contribution in [0.3, 0.4) is 0 Å². The molecule has 3 N–H and O–H groups in total. The van der Waals surface area contributed by atoms with Crippen molar-refractivity contribution in [3.05, 3.63) is 94.0 Å². The van der Waals surface area contributed by atoms with Crippen LogP contribution in [0.1, 0.15) is 58.4 Å². The second kappa shape index (κ2) is 12.4. The number of carbonyl (C=O) groups is 3. The number of ketones is 1. The normalized spacial score (nSPS) is 22.5. The van der Waals surface area contributed by atoms with Crippen LogP contribution in [0.25, 0.3) is 0 Å². The largest absolute Gasteiger partial charge is 0.497 e. The van der Waals surface area contributed by atoms with Crippen LogP contribution < -0.4 is 15.8 Å². The van der Waals surface area contributed by atoms with E-state index in [-0.39, 0.29) is 47.8 Å². The molecule has 214 valence electrons. The second-order valence-corrected chi connectivity index (χ2v) is 11.7. The van der Waals surface area contributed by atoms with E-state index < -0.39 is 5.91 Å². The number of nitrogens with two attached hydrogens (primary N) is 1. The third-order valence-corrected chi connectivity index (χ3v) is 8.86. The zero-order chi connectivity index (χ0) is 29.1. The molecule has 0 radical (unpaired) electrons. The maximum Gasteiger partial charge on any atom is 0.321 e. The van der Waals surface area contributed by atoms with Gasteiger partial charge in [-0.1, -0.05) is 46.3 Å². The predicted molar refractivity (Wildman–Crippen MR) is 162 cm³/mol. The summed E-state index contributed by atoms with van der Waals surface area (Å²) in [7, 11) is 1.61. The number of anilines is 1. The fourth-order valence-corrected chi connectivity index (χ4v) is 6.61. The average Bonchev–Trinajstić information content (AvgIpc) is 2.96. The van der Waals surface area contributed by atoms with Crippen molar-refractivity contribution in [2.45, 2.75) is 50.2 Å². The molecular weight excluding hydrogens is 584 g/mol. The number of hydrogen-bond donors (Lipinski definition) is 2. The first kappa shape index (κ1) is 28.8.